The van der Waals surface area contributed by atoms with Crippen LogP contribution in [0.3, 0.4) is 0 Å². The van der Waals surface area contributed by atoms with Crippen LogP contribution in [0.1, 0.15) is 21.6 Å². The molecule has 0 fully saturated rings. The Hall–Kier alpha value is -1.82. The molecule has 0 aliphatic rings. The number of benzene rings is 1. The van der Waals surface area contributed by atoms with Gasteiger partial charge in [-0.05, 0) is 31.5 Å². The van der Waals surface area contributed by atoms with Gasteiger partial charge in [-0.2, -0.15) is 5.10 Å². The van der Waals surface area contributed by atoms with Crippen molar-refractivity contribution in [2.75, 3.05) is 11.1 Å². The van der Waals surface area contributed by atoms with Crippen LogP contribution in [0.2, 0.25) is 0 Å². The van der Waals surface area contributed by atoms with E-state index in [1.807, 2.05) is 19.1 Å². The van der Waals surface area contributed by atoms with Gasteiger partial charge in [0.1, 0.15) is 0 Å². The number of anilines is 2. The largest absolute Gasteiger partial charge is 0.394 e. The van der Waals surface area contributed by atoms with Crippen molar-refractivity contribution in [2.24, 2.45) is 0 Å². The maximum absolute atomic E-state index is 12.1. The Labute approximate surface area is 113 Å². The molecular formula is C12H13BrN4O. The fourth-order valence-corrected chi connectivity index (χ4v) is 1.93. The number of amides is 1. The fourth-order valence-electron chi connectivity index (χ4n) is 1.56. The van der Waals surface area contributed by atoms with Crippen molar-refractivity contribution in [3.8, 4) is 0 Å². The molecule has 1 amide bonds. The van der Waals surface area contributed by atoms with Gasteiger partial charge in [-0.1, -0.05) is 22.0 Å². The molecule has 0 aliphatic heterocycles. The zero-order valence-corrected chi connectivity index (χ0v) is 11.6. The Morgan fingerprint density at radius 1 is 1.44 bits per heavy atom. The Morgan fingerprint density at radius 3 is 2.78 bits per heavy atom. The van der Waals surface area contributed by atoms with Gasteiger partial charge in [-0.25, -0.2) is 0 Å². The number of aryl methyl sites for hydroxylation is 1. The van der Waals surface area contributed by atoms with Crippen LogP contribution in [0.4, 0.5) is 11.5 Å². The van der Waals surface area contributed by atoms with Gasteiger partial charge in [0.25, 0.3) is 5.91 Å². The van der Waals surface area contributed by atoms with Gasteiger partial charge in [0.05, 0.1) is 11.4 Å². The maximum Gasteiger partial charge on any atom is 0.257 e. The summed E-state index contributed by atoms with van der Waals surface area (Å²) >= 11 is 3.39. The van der Waals surface area contributed by atoms with Crippen LogP contribution in [0, 0.1) is 13.8 Å². The molecular weight excluding hydrogens is 296 g/mol. The molecule has 0 unspecified atom stereocenters. The van der Waals surface area contributed by atoms with Crippen LogP contribution in [0.15, 0.2) is 22.7 Å². The number of carbonyl (C=O) groups excluding carboxylic acids is 1. The van der Waals surface area contributed by atoms with Crippen LogP contribution in [0.25, 0.3) is 0 Å². The number of H-pyrrole nitrogens is 1. The lowest BCUT2D eigenvalue weighted by atomic mass is 10.1. The van der Waals surface area contributed by atoms with E-state index < -0.39 is 0 Å². The topological polar surface area (TPSA) is 83.8 Å². The second-order valence-corrected chi connectivity index (χ2v) is 4.83. The Kier molecular flexibility index (Phi) is 3.38. The SMILES string of the molecule is Cc1[nH]nc(NC(=O)c2cccc(Br)c2C)c1N. The lowest BCUT2D eigenvalue weighted by Crippen LogP contribution is -2.14. The molecule has 18 heavy (non-hydrogen) atoms. The first-order valence-corrected chi connectivity index (χ1v) is 6.17. The highest BCUT2D eigenvalue weighted by Crippen LogP contribution is 2.22. The van der Waals surface area contributed by atoms with E-state index in [1.54, 1.807) is 13.0 Å². The fraction of sp³-hybridized carbons (Fsp3) is 0.167. The monoisotopic (exact) mass is 308 g/mol. The molecule has 6 heteroatoms. The first-order valence-electron chi connectivity index (χ1n) is 5.37. The minimum atomic E-state index is -0.230. The van der Waals surface area contributed by atoms with Gasteiger partial charge < -0.3 is 11.1 Å². The molecule has 94 valence electrons. The van der Waals surface area contributed by atoms with E-state index >= 15 is 0 Å². The molecule has 0 saturated heterocycles. The van der Waals surface area contributed by atoms with Gasteiger partial charge in [-0.3, -0.25) is 9.89 Å². The Balaban J connectivity index is 2.28. The highest BCUT2D eigenvalue weighted by Gasteiger charge is 2.14. The van der Waals surface area contributed by atoms with E-state index in [4.69, 9.17) is 5.73 Å². The van der Waals surface area contributed by atoms with E-state index in [0.29, 0.717) is 17.1 Å². The molecule has 0 saturated carbocycles. The Bertz CT molecular complexity index is 606. The maximum atomic E-state index is 12.1. The molecule has 2 rings (SSSR count). The second kappa shape index (κ2) is 4.81. The molecule has 0 spiro atoms. The van der Waals surface area contributed by atoms with Gasteiger partial charge in [0, 0.05) is 10.0 Å². The second-order valence-electron chi connectivity index (χ2n) is 3.98. The van der Waals surface area contributed by atoms with Gasteiger partial charge in [0.15, 0.2) is 5.82 Å². The average Bonchev–Trinajstić information content (AvgIpc) is 2.64. The molecule has 1 heterocycles. The van der Waals surface area contributed by atoms with Crippen LogP contribution < -0.4 is 11.1 Å². The zero-order valence-electron chi connectivity index (χ0n) is 10.0. The lowest BCUT2D eigenvalue weighted by molar-refractivity contribution is 0.102. The molecule has 0 aliphatic carbocycles. The lowest BCUT2D eigenvalue weighted by Gasteiger charge is -2.07. The predicted octanol–water partition coefficient (Wildman–Crippen LogP) is 2.62. The number of hydrogen-bond donors (Lipinski definition) is 3. The number of rotatable bonds is 2. The number of nitrogens with one attached hydrogen (secondary N) is 2. The molecule has 1 aromatic carbocycles. The van der Waals surface area contributed by atoms with Crippen LogP contribution in [-0.4, -0.2) is 16.1 Å². The third-order valence-electron chi connectivity index (χ3n) is 2.74. The van der Waals surface area contributed by atoms with Gasteiger partial charge >= 0.3 is 0 Å². The average molecular weight is 309 g/mol. The minimum absolute atomic E-state index is 0.230. The molecule has 0 radical (unpaired) electrons. The first-order chi connectivity index (χ1) is 8.50. The van der Waals surface area contributed by atoms with Crippen molar-refractivity contribution in [2.45, 2.75) is 13.8 Å². The van der Waals surface area contributed by atoms with Crippen molar-refractivity contribution >= 4 is 33.3 Å². The summed E-state index contributed by atoms with van der Waals surface area (Å²) in [5.74, 6) is 0.129. The summed E-state index contributed by atoms with van der Waals surface area (Å²) in [4.78, 5) is 12.1. The summed E-state index contributed by atoms with van der Waals surface area (Å²) in [6.07, 6.45) is 0. The molecule has 0 atom stereocenters. The van der Waals surface area contributed by atoms with E-state index in [0.717, 1.165) is 15.7 Å². The van der Waals surface area contributed by atoms with Crippen molar-refractivity contribution < 1.29 is 4.79 Å². The third-order valence-corrected chi connectivity index (χ3v) is 3.60. The van der Waals surface area contributed by atoms with Crippen LogP contribution in [0.5, 0.6) is 0 Å². The summed E-state index contributed by atoms with van der Waals surface area (Å²) < 4.78 is 0.890. The molecule has 4 N–H and O–H groups in total. The highest BCUT2D eigenvalue weighted by molar-refractivity contribution is 9.10. The smallest absolute Gasteiger partial charge is 0.257 e. The molecule has 1 aromatic heterocycles. The van der Waals surface area contributed by atoms with E-state index in [9.17, 15) is 4.79 Å². The van der Waals surface area contributed by atoms with Crippen LogP contribution in [-0.2, 0) is 0 Å². The van der Waals surface area contributed by atoms with Crippen molar-refractivity contribution in [3.05, 3.63) is 39.5 Å². The third kappa shape index (κ3) is 2.24. The van der Waals surface area contributed by atoms with E-state index in [-0.39, 0.29) is 5.91 Å². The molecule has 0 bridgehead atoms. The summed E-state index contributed by atoms with van der Waals surface area (Å²) in [6, 6.07) is 5.45. The number of aromatic nitrogens is 2. The summed E-state index contributed by atoms with van der Waals surface area (Å²) in [5, 5.41) is 9.35. The zero-order chi connectivity index (χ0) is 13.3. The molecule has 2 aromatic rings. The minimum Gasteiger partial charge on any atom is -0.394 e. The van der Waals surface area contributed by atoms with Crippen molar-refractivity contribution in [1.29, 1.82) is 0 Å². The summed E-state index contributed by atoms with van der Waals surface area (Å²) in [5.41, 5.74) is 8.43. The van der Waals surface area contributed by atoms with E-state index in [1.165, 1.54) is 0 Å². The highest BCUT2D eigenvalue weighted by atomic mass is 79.9. The molecule has 5 nitrogen and oxygen atoms in total. The van der Waals surface area contributed by atoms with Crippen LogP contribution >= 0.6 is 15.9 Å². The number of nitrogen functional groups attached to an aromatic ring is 1. The number of carbonyl (C=O) groups is 1. The van der Waals surface area contributed by atoms with Gasteiger partial charge in [0.2, 0.25) is 0 Å². The van der Waals surface area contributed by atoms with E-state index in [2.05, 4.69) is 31.4 Å². The van der Waals surface area contributed by atoms with Gasteiger partial charge in [-0.15, -0.1) is 0 Å². The number of aromatic amines is 1. The standard InChI is InChI=1S/C12H13BrN4O/c1-6-8(4-3-5-9(6)13)12(18)15-11-10(14)7(2)16-17-11/h3-5H,14H2,1-2H3,(H2,15,16,17,18). The van der Waals surface area contributed by atoms with Crippen molar-refractivity contribution in [3.63, 3.8) is 0 Å². The number of halogens is 1. The quantitative estimate of drug-likeness (QED) is 0.797. The number of nitrogens with zero attached hydrogens (tertiary/aromatic N) is 1. The summed E-state index contributed by atoms with van der Waals surface area (Å²) in [6.45, 7) is 3.67. The number of nitrogens with two attached hydrogens (primary N) is 1. The first kappa shape index (κ1) is 12.6. The number of hydrogen-bond acceptors (Lipinski definition) is 3. The van der Waals surface area contributed by atoms with Crippen molar-refractivity contribution in [1.82, 2.24) is 10.2 Å². The summed E-state index contributed by atoms with van der Waals surface area (Å²) in [7, 11) is 0. The normalized spacial score (nSPS) is 10.4. The Morgan fingerprint density at radius 2 is 2.17 bits per heavy atom. The predicted molar refractivity (Wildman–Crippen MR) is 74.6 cm³/mol.